The fourth-order valence-corrected chi connectivity index (χ4v) is 0.791. The van der Waals surface area contributed by atoms with E-state index >= 15 is 0 Å². The first-order chi connectivity index (χ1) is 5.04. The molecule has 0 radical (unpaired) electrons. The van der Waals surface area contributed by atoms with Crippen LogP contribution in [0.15, 0.2) is 6.07 Å². The molecule has 0 unspecified atom stereocenters. The first kappa shape index (κ1) is 11.6. The molecule has 0 heterocycles. The normalized spacial score (nSPS) is 9.33. The van der Waals surface area contributed by atoms with Gasteiger partial charge in [0.1, 0.15) is 5.02 Å². The number of hydrogen-bond donors (Lipinski definition) is 1. The molecule has 0 spiro atoms. The third-order valence-electron chi connectivity index (χ3n) is 1.13. The van der Waals surface area contributed by atoms with Crippen molar-refractivity contribution in [1.82, 2.24) is 0 Å². The quantitative estimate of drug-likeness (QED) is 0.434. The number of rotatable bonds is 0. The predicted octanol–water partition coefficient (Wildman–Crippen LogP) is 2.92. The number of nitrogens with two attached hydrogens (primary N) is 1. The molecule has 0 atom stereocenters. The fraction of sp³-hybridized carbons (Fsp3) is 0. The Morgan fingerprint density at radius 2 is 1.67 bits per heavy atom. The summed E-state index contributed by atoms with van der Waals surface area (Å²) in [5.41, 5.74) is 4.42. The summed E-state index contributed by atoms with van der Waals surface area (Å²) in [5, 5.41) is -0.914. The Balaban J connectivity index is 0.00000121. The Labute approximate surface area is 82.1 Å². The highest BCUT2D eigenvalue weighted by Gasteiger charge is 2.14. The highest BCUT2D eigenvalue weighted by molar-refractivity contribution is 8.93. The van der Waals surface area contributed by atoms with Crippen molar-refractivity contribution < 1.29 is 13.2 Å². The van der Waals surface area contributed by atoms with Crippen molar-refractivity contribution in [2.24, 2.45) is 0 Å². The van der Waals surface area contributed by atoms with E-state index in [1.54, 1.807) is 0 Å². The van der Waals surface area contributed by atoms with Crippen molar-refractivity contribution >= 4 is 34.3 Å². The predicted molar refractivity (Wildman–Crippen MR) is 46.1 cm³/mol. The SMILES string of the molecule is Br.Nc1cc(F)c(F)c(Cl)c1F. The summed E-state index contributed by atoms with van der Waals surface area (Å²) in [6.45, 7) is 0. The molecule has 1 aromatic carbocycles. The van der Waals surface area contributed by atoms with E-state index < -0.39 is 28.2 Å². The molecule has 1 rings (SSSR count). The maximum atomic E-state index is 12.5. The molecule has 0 fully saturated rings. The minimum Gasteiger partial charge on any atom is -0.396 e. The third kappa shape index (κ3) is 1.84. The molecule has 1 aromatic rings. The zero-order valence-electron chi connectivity index (χ0n) is 5.57. The van der Waals surface area contributed by atoms with Gasteiger partial charge in [-0.25, -0.2) is 13.2 Å². The lowest BCUT2D eigenvalue weighted by molar-refractivity contribution is 0.497. The summed E-state index contributed by atoms with van der Waals surface area (Å²) in [6.07, 6.45) is 0. The van der Waals surface area contributed by atoms with Crippen molar-refractivity contribution in [2.75, 3.05) is 5.73 Å². The Morgan fingerprint density at radius 1 is 1.17 bits per heavy atom. The van der Waals surface area contributed by atoms with Gasteiger partial charge in [0.2, 0.25) is 0 Å². The van der Waals surface area contributed by atoms with Gasteiger partial charge in [-0.2, -0.15) is 0 Å². The molecule has 12 heavy (non-hydrogen) atoms. The maximum absolute atomic E-state index is 12.5. The van der Waals surface area contributed by atoms with E-state index in [4.69, 9.17) is 17.3 Å². The summed E-state index contributed by atoms with van der Waals surface area (Å²) in [5.74, 6) is -3.81. The summed E-state index contributed by atoms with van der Waals surface area (Å²) in [4.78, 5) is 0. The molecular weight excluding hydrogens is 258 g/mol. The van der Waals surface area contributed by atoms with Crippen LogP contribution in [0.4, 0.5) is 18.9 Å². The summed E-state index contributed by atoms with van der Waals surface area (Å²) < 4.78 is 37.2. The Kier molecular flexibility index (Phi) is 3.86. The second-order valence-corrected chi connectivity index (χ2v) is 2.27. The molecule has 68 valence electrons. The van der Waals surface area contributed by atoms with Crippen LogP contribution < -0.4 is 5.73 Å². The number of anilines is 1. The van der Waals surface area contributed by atoms with Gasteiger partial charge in [0.15, 0.2) is 17.5 Å². The van der Waals surface area contributed by atoms with E-state index in [-0.39, 0.29) is 17.0 Å². The molecule has 0 aliphatic heterocycles. The van der Waals surface area contributed by atoms with Crippen LogP contribution in [0.3, 0.4) is 0 Å². The van der Waals surface area contributed by atoms with E-state index in [9.17, 15) is 13.2 Å². The smallest absolute Gasteiger partial charge is 0.180 e. The van der Waals surface area contributed by atoms with Crippen LogP contribution in [0.1, 0.15) is 0 Å². The zero-order valence-corrected chi connectivity index (χ0v) is 8.04. The Bertz CT molecular complexity index is 279. The Morgan fingerprint density at radius 3 is 2.17 bits per heavy atom. The van der Waals surface area contributed by atoms with Crippen molar-refractivity contribution in [3.8, 4) is 0 Å². The summed E-state index contributed by atoms with van der Waals surface area (Å²) in [6, 6.07) is 0.538. The van der Waals surface area contributed by atoms with Gasteiger partial charge in [-0.15, -0.1) is 17.0 Å². The molecule has 1 nitrogen and oxygen atoms in total. The molecule has 0 aliphatic carbocycles. The molecule has 0 bridgehead atoms. The average Bonchev–Trinajstić information content (AvgIpc) is 1.97. The second-order valence-electron chi connectivity index (χ2n) is 1.89. The lowest BCUT2D eigenvalue weighted by Gasteiger charge is -2.00. The second kappa shape index (κ2) is 4.00. The number of halogens is 5. The molecule has 2 N–H and O–H groups in total. The Hall–Kier alpha value is -0.420. The first-order valence-electron chi connectivity index (χ1n) is 2.62. The van der Waals surface area contributed by atoms with Gasteiger partial charge in [0.05, 0.1) is 5.69 Å². The number of hydrogen-bond acceptors (Lipinski definition) is 1. The largest absolute Gasteiger partial charge is 0.396 e. The van der Waals surface area contributed by atoms with Crippen molar-refractivity contribution in [3.05, 3.63) is 28.5 Å². The summed E-state index contributed by atoms with van der Waals surface area (Å²) >= 11 is 5.02. The number of benzene rings is 1. The van der Waals surface area contributed by atoms with Gasteiger partial charge in [0.25, 0.3) is 0 Å². The minimum absolute atomic E-state index is 0. The molecule has 0 aromatic heterocycles. The lowest BCUT2D eigenvalue weighted by Crippen LogP contribution is -1.96. The highest BCUT2D eigenvalue weighted by Crippen LogP contribution is 2.25. The third-order valence-corrected chi connectivity index (χ3v) is 1.46. The minimum atomic E-state index is -1.42. The van der Waals surface area contributed by atoms with E-state index in [0.717, 1.165) is 0 Å². The number of nitrogen functional groups attached to an aromatic ring is 1. The van der Waals surface area contributed by atoms with Gasteiger partial charge in [-0.3, -0.25) is 0 Å². The molecule has 6 heteroatoms. The van der Waals surface area contributed by atoms with E-state index in [1.807, 2.05) is 0 Å². The van der Waals surface area contributed by atoms with Crippen LogP contribution in [0.5, 0.6) is 0 Å². The van der Waals surface area contributed by atoms with E-state index in [1.165, 1.54) is 0 Å². The zero-order chi connectivity index (χ0) is 8.59. The standard InChI is InChI=1S/C6H3ClF3N.BrH/c7-4-5(9)2(8)1-3(11)6(4)10;/h1H,11H2;1H. The van der Waals surface area contributed by atoms with Crippen molar-refractivity contribution in [3.63, 3.8) is 0 Å². The van der Waals surface area contributed by atoms with Gasteiger partial charge in [0, 0.05) is 6.07 Å². The van der Waals surface area contributed by atoms with Crippen LogP contribution in [0.25, 0.3) is 0 Å². The van der Waals surface area contributed by atoms with Crippen LogP contribution in [-0.4, -0.2) is 0 Å². The fourth-order valence-electron chi connectivity index (χ4n) is 0.591. The average molecular weight is 262 g/mol. The van der Waals surface area contributed by atoms with E-state index in [0.29, 0.717) is 6.07 Å². The molecule has 0 aliphatic rings. The highest BCUT2D eigenvalue weighted by atomic mass is 79.9. The van der Waals surface area contributed by atoms with Gasteiger partial charge < -0.3 is 5.73 Å². The van der Waals surface area contributed by atoms with E-state index in [2.05, 4.69) is 0 Å². The monoisotopic (exact) mass is 261 g/mol. The molecular formula is C6H4BrClF3N. The van der Waals surface area contributed by atoms with Crippen molar-refractivity contribution in [1.29, 1.82) is 0 Å². The lowest BCUT2D eigenvalue weighted by atomic mass is 10.3. The van der Waals surface area contributed by atoms with Crippen LogP contribution >= 0.6 is 28.6 Å². The summed E-state index contributed by atoms with van der Waals surface area (Å²) in [7, 11) is 0. The van der Waals surface area contributed by atoms with Crippen molar-refractivity contribution in [2.45, 2.75) is 0 Å². The van der Waals surface area contributed by atoms with Crippen LogP contribution in [-0.2, 0) is 0 Å². The molecule has 0 saturated carbocycles. The first-order valence-corrected chi connectivity index (χ1v) is 3.00. The topological polar surface area (TPSA) is 26.0 Å². The van der Waals surface area contributed by atoms with Gasteiger partial charge in [-0.1, -0.05) is 11.6 Å². The maximum Gasteiger partial charge on any atom is 0.180 e. The van der Waals surface area contributed by atoms with Crippen LogP contribution in [0.2, 0.25) is 5.02 Å². The molecule has 0 saturated heterocycles. The van der Waals surface area contributed by atoms with Gasteiger partial charge >= 0.3 is 0 Å². The van der Waals surface area contributed by atoms with Gasteiger partial charge in [-0.05, 0) is 0 Å². The molecule has 0 amide bonds. The van der Waals surface area contributed by atoms with Crippen LogP contribution in [0, 0.1) is 17.5 Å².